The van der Waals surface area contributed by atoms with Crippen LogP contribution in [0.15, 0.2) is 41.1 Å². The molecule has 0 aliphatic carbocycles. The van der Waals surface area contributed by atoms with Crippen LogP contribution in [0.2, 0.25) is 0 Å². The van der Waals surface area contributed by atoms with Crippen LogP contribution in [0.1, 0.15) is 30.9 Å². The van der Waals surface area contributed by atoms with Crippen molar-refractivity contribution in [1.82, 2.24) is 19.9 Å². The van der Waals surface area contributed by atoms with Gasteiger partial charge in [0.25, 0.3) is 0 Å². The third kappa shape index (κ3) is 3.74. The number of piperidine rings is 1. The monoisotopic (exact) mass is 362 g/mol. The zero-order chi connectivity index (χ0) is 15.4. The molecule has 0 atom stereocenters. The maximum Gasteiger partial charge on any atom is 0.222 e. The smallest absolute Gasteiger partial charge is 0.222 e. The molecule has 0 radical (unpaired) electrons. The summed E-state index contributed by atoms with van der Waals surface area (Å²) in [6.45, 7) is 1.62. The summed E-state index contributed by atoms with van der Waals surface area (Å²) in [6, 6.07) is 8.54. The molecule has 1 amide bonds. The normalized spacial score (nSPS) is 16.0. The van der Waals surface area contributed by atoms with Gasteiger partial charge in [0.2, 0.25) is 5.91 Å². The molecule has 6 heteroatoms. The number of rotatable bonds is 4. The first-order chi connectivity index (χ1) is 10.7. The van der Waals surface area contributed by atoms with Crippen LogP contribution < -0.4 is 0 Å². The molecule has 1 aliphatic rings. The predicted octanol–water partition coefficient (Wildman–Crippen LogP) is 2.84. The van der Waals surface area contributed by atoms with Crippen molar-refractivity contribution in [3.8, 4) is 0 Å². The molecule has 0 unspecified atom stereocenters. The highest BCUT2D eigenvalue weighted by atomic mass is 79.9. The minimum atomic E-state index is 0.250. The van der Waals surface area contributed by atoms with Gasteiger partial charge in [-0.05, 0) is 37.0 Å². The summed E-state index contributed by atoms with van der Waals surface area (Å²) in [5, 5.41) is 7.90. The van der Waals surface area contributed by atoms with Gasteiger partial charge in [0.1, 0.15) is 0 Å². The Morgan fingerprint density at radius 3 is 2.59 bits per heavy atom. The second kappa shape index (κ2) is 7.05. The zero-order valence-corrected chi connectivity index (χ0v) is 13.9. The Balaban J connectivity index is 1.46. The number of carbonyl (C=O) groups is 1. The van der Waals surface area contributed by atoms with Crippen molar-refractivity contribution in [1.29, 1.82) is 0 Å². The minimum absolute atomic E-state index is 0.250. The largest absolute Gasteiger partial charge is 0.343 e. The van der Waals surface area contributed by atoms with E-state index in [0.717, 1.165) is 36.8 Å². The molecule has 0 bridgehead atoms. The first-order valence-electron chi connectivity index (χ1n) is 7.60. The Hall–Kier alpha value is -1.69. The lowest BCUT2D eigenvalue weighted by atomic mass is 10.0. The zero-order valence-electron chi connectivity index (χ0n) is 12.4. The van der Waals surface area contributed by atoms with Crippen molar-refractivity contribution in [2.24, 2.45) is 0 Å². The van der Waals surface area contributed by atoms with Gasteiger partial charge in [0, 0.05) is 30.2 Å². The number of halogens is 1. The molecule has 0 N–H and O–H groups in total. The molecule has 116 valence electrons. The van der Waals surface area contributed by atoms with Gasteiger partial charge in [0.15, 0.2) is 0 Å². The summed E-state index contributed by atoms with van der Waals surface area (Å²) in [5.74, 6) is 0.250. The number of likely N-dealkylation sites (tertiary alicyclic amines) is 1. The SMILES string of the molecule is O=C(CCc1ccc(Br)cc1)N1CCC(n2ccnn2)CC1. The molecule has 1 saturated heterocycles. The van der Waals surface area contributed by atoms with Crippen LogP contribution in [0, 0.1) is 0 Å². The number of carbonyl (C=O) groups excluding carboxylic acids is 1. The van der Waals surface area contributed by atoms with E-state index in [-0.39, 0.29) is 5.91 Å². The third-order valence-corrected chi connectivity index (χ3v) is 4.70. The summed E-state index contributed by atoms with van der Waals surface area (Å²) in [5.41, 5.74) is 1.20. The summed E-state index contributed by atoms with van der Waals surface area (Å²) in [7, 11) is 0. The molecule has 1 aromatic carbocycles. The van der Waals surface area contributed by atoms with Crippen LogP contribution in [0.25, 0.3) is 0 Å². The lowest BCUT2D eigenvalue weighted by Crippen LogP contribution is -2.39. The molecule has 2 heterocycles. The highest BCUT2D eigenvalue weighted by Crippen LogP contribution is 2.22. The average molecular weight is 363 g/mol. The Labute approximate surface area is 138 Å². The van der Waals surface area contributed by atoms with Gasteiger partial charge >= 0.3 is 0 Å². The summed E-state index contributed by atoms with van der Waals surface area (Å²) < 4.78 is 2.97. The van der Waals surface area contributed by atoms with Crippen molar-refractivity contribution in [3.63, 3.8) is 0 Å². The highest BCUT2D eigenvalue weighted by molar-refractivity contribution is 9.10. The number of benzene rings is 1. The lowest BCUT2D eigenvalue weighted by Gasteiger charge is -2.32. The fourth-order valence-corrected chi connectivity index (χ4v) is 3.12. The van der Waals surface area contributed by atoms with E-state index < -0.39 is 0 Å². The molecule has 1 aliphatic heterocycles. The summed E-state index contributed by atoms with van der Waals surface area (Å²) in [4.78, 5) is 14.3. The molecular formula is C16H19BrN4O. The van der Waals surface area contributed by atoms with Gasteiger partial charge in [-0.25, -0.2) is 4.68 Å². The van der Waals surface area contributed by atoms with Crippen LogP contribution in [-0.4, -0.2) is 38.9 Å². The van der Waals surface area contributed by atoms with Crippen LogP contribution in [0.3, 0.4) is 0 Å². The fourth-order valence-electron chi connectivity index (χ4n) is 2.85. The number of aromatic nitrogens is 3. The van der Waals surface area contributed by atoms with Crippen molar-refractivity contribution < 1.29 is 4.79 Å². The number of hydrogen-bond donors (Lipinski definition) is 0. The molecule has 1 fully saturated rings. The Kier molecular flexibility index (Phi) is 4.87. The third-order valence-electron chi connectivity index (χ3n) is 4.17. The maximum atomic E-state index is 12.3. The number of aryl methyl sites for hydroxylation is 1. The second-order valence-electron chi connectivity index (χ2n) is 5.62. The van der Waals surface area contributed by atoms with Gasteiger partial charge < -0.3 is 4.90 Å². The molecule has 2 aromatic rings. The second-order valence-corrected chi connectivity index (χ2v) is 6.54. The maximum absolute atomic E-state index is 12.3. The average Bonchev–Trinajstić information content (AvgIpc) is 3.09. The Morgan fingerprint density at radius 2 is 1.95 bits per heavy atom. The van der Waals surface area contributed by atoms with Crippen LogP contribution in [0.4, 0.5) is 0 Å². The number of hydrogen-bond acceptors (Lipinski definition) is 3. The van der Waals surface area contributed by atoms with Crippen LogP contribution in [-0.2, 0) is 11.2 Å². The van der Waals surface area contributed by atoms with E-state index in [1.165, 1.54) is 5.56 Å². The first-order valence-corrected chi connectivity index (χ1v) is 8.40. The van der Waals surface area contributed by atoms with Crippen molar-refractivity contribution in [2.75, 3.05) is 13.1 Å². The molecule has 3 rings (SSSR count). The fraction of sp³-hybridized carbons (Fsp3) is 0.438. The van der Waals surface area contributed by atoms with Gasteiger partial charge in [-0.2, -0.15) is 0 Å². The summed E-state index contributed by atoms with van der Waals surface area (Å²) in [6.07, 6.45) is 6.89. The molecule has 1 aromatic heterocycles. The lowest BCUT2D eigenvalue weighted by molar-refractivity contribution is -0.132. The van der Waals surface area contributed by atoms with E-state index in [0.29, 0.717) is 12.5 Å². The van der Waals surface area contributed by atoms with Crippen LogP contribution in [0.5, 0.6) is 0 Å². The van der Waals surface area contributed by atoms with Crippen LogP contribution >= 0.6 is 15.9 Å². The molecule has 0 spiro atoms. The van der Waals surface area contributed by atoms with E-state index in [2.05, 4.69) is 38.4 Å². The predicted molar refractivity (Wildman–Crippen MR) is 87.3 cm³/mol. The van der Waals surface area contributed by atoms with Gasteiger partial charge in [-0.15, -0.1) is 5.10 Å². The Morgan fingerprint density at radius 1 is 1.23 bits per heavy atom. The van der Waals surface area contributed by atoms with Gasteiger partial charge in [0.05, 0.1) is 12.2 Å². The molecular weight excluding hydrogens is 344 g/mol. The van der Waals surface area contributed by atoms with E-state index in [4.69, 9.17) is 0 Å². The van der Waals surface area contributed by atoms with E-state index in [1.807, 2.05) is 27.9 Å². The molecule has 22 heavy (non-hydrogen) atoms. The standard InChI is InChI=1S/C16H19BrN4O/c17-14-4-1-13(2-5-14)3-6-16(22)20-10-7-15(8-11-20)21-12-9-18-19-21/h1-2,4-5,9,12,15H,3,6-8,10-11H2. The topological polar surface area (TPSA) is 51.0 Å². The number of amides is 1. The van der Waals surface area contributed by atoms with Gasteiger partial charge in [-0.1, -0.05) is 33.3 Å². The molecule has 5 nitrogen and oxygen atoms in total. The van der Waals surface area contributed by atoms with E-state index in [1.54, 1.807) is 6.20 Å². The first kappa shape index (κ1) is 15.2. The summed E-state index contributed by atoms with van der Waals surface area (Å²) >= 11 is 3.42. The highest BCUT2D eigenvalue weighted by Gasteiger charge is 2.23. The van der Waals surface area contributed by atoms with Crippen molar-refractivity contribution >= 4 is 21.8 Å². The van der Waals surface area contributed by atoms with E-state index in [9.17, 15) is 4.79 Å². The number of nitrogens with zero attached hydrogens (tertiary/aromatic N) is 4. The molecule has 0 saturated carbocycles. The minimum Gasteiger partial charge on any atom is -0.343 e. The Bertz CT molecular complexity index is 604. The van der Waals surface area contributed by atoms with Crippen molar-refractivity contribution in [2.45, 2.75) is 31.7 Å². The van der Waals surface area contributed by atoms with E-state index >= 15 is 0 Å². The quantitative estimate of drug-likeness (QED) is 0.840. The van der Waals surface area contributed by atoms with Gasteiger partial charge in [-0.3, -0.25) is 4.79 Å². The van der Waals surface area contributed by atoms with Crippen molar-refractivity contribution in [3.05, 3.63) is 46.7 Å².